The third-order valence-electron chi connectivity index (χ3n) is 4.40. The van der Waals surface area contributed by atoms with Gasteiger partial charge in [-0.15, -0.1) is 0 Å². The molecule has 1 saturated heterocycles. The van der Waals surface area contributed by atoms with Gasteiger partial charge in [0, 0.05) is 13.1 Å². The molecule has 1 rings (SSSR count). The van der Waals surface area contributed by atoms with E-state index in [4.69, 9.17) is 0 Å². The fourth-order valence-corrected chi connectivity index (χ4v) is 3.33. The predicted molar refractivity (Wildman–Crippen MR) is 81.1 cm³/mol. The molecule has 3 nitrogen and oxygen atoms in total. The monoisotopic (exact) mass is 268 g/mol. The summed E-state index contributed by atoms with van der Waals surface area (Å²) in [6, 6.07) is 0.0625. The molecule has 3 unspecified atom stereocenters. The summed E-state index contributed by atoms with van der Waals surface area (Å²) in [5.74, 6) is 1.84. The summed E-state index contributed by atoms with van der Waals surface area (Å²) >= 11 is 0. The van der Waals surface area contributed by atoms with E-state index < -0.39 is 0 Å². The molecule has 0 bridgehead atoms. The maximum absolute atomic E-state index is 12.4. The third kappa shape index (κ3) is 5.13. The van der Waals surface area contributed by atoms with Crippen LogP contribution in [0.3, 0.4) is 0 Å². The predicted octanol–water partition coefficient (Wildman–Crippen LogP) is 3.05. The van der Waals surface area contributed by atoms with E-state index in [9.17, 15) is 4.79 Å². The Morgan fingerprint density at radius 2 is 2.00 bits per heavy atom. The standard InChI is InChI=1S/C16H32N2O/c1-5-8-13(4)11-14-9-10-17-15(12-14)16(19)18(6-2)7-3/h13-15,17H,5-12H2,1-4H3. The lowest BCUT2D eigenvalue weighted by atomic mass is 9.83. The highest BCUT2D eigenvalue weighted by Crippen LogP contribution is 2.26. The minimum atomic E-state index is 0.0625. The largest absolute Gasteiger partial charge is 0.342 e. The number of carbonyl (C=O) groups excluding carboxylic acids is 1. The van der Waals surface area contributed by atoms with Crippen LogP contribution in [0.2, 0.25) is 0 Å². The van der Waals surface area contributed by atoms with Gasteiger partial charge < -0.3 is 10.2 Å². The second-order valence-corrected chi connectivity index (χ2v) is 6.04. The molecule has 0 aliphatic carbocycles. The Balaban J connectivity index is 2.47. The molecule has 1 fully saturated rings. The van der Waals surface area contributed by atoms with Gasteiger partial charge in [-0.3, -0.25) is 4.79 Å². The fourth-order valence-electron chi connectivity index (χ4n) is 3.33. The van der Waals surface area contributed by atoms with Crippen LogP contribution in [0.25, 0.3) is 0 Å². The number of hydrogen-bond donors (Lipinski definition) is 1. The molecule has 1 N–H and O–H groups in total. The van der Waals surface area contributed by atoms with Gasteiger partial charge >= 0.3 is 0 Å². The molecule has 0 aromatic rings. The molecular weight excluding hydrogens is 236 g/mol. The summed E-state index contributed by atoms with van der Waals surface area (Å²) in [6.07, 6.45) is 6.14. The maximum Gasteiger partial charge on any atom is 0.239 e. The molecule has 1 heterocycles. The average Bonchev–Trinajstić information content (AvgIpc) is 2.40. The zero-order chi connectivity index (χ0) is 14.3. The SMILES string of the molecule is CCCC(C)CC1CCNC(C(=O)N(CC)CC)C1. The molecule has 0 aromatic heterocycles. The van der Waals surface area contributed by atoms with Gasteiger partial charge in [-0.05, 0) is 51.5 Å². The van der Waals surface area contributed by atoms with Gasteiger partial charge in [-0.2, -0.15) is 0 Å². The zero-order valence-electron chi connectivity index (χ0n) is 13.2. The molecule has 3 atom stereocenters. The molecule has 112 valence electrons. The zero-order valence-corrected chi connectivity index (χ0v) is 13.2. The molecule has 0 aromatic carbocycles. The molecule has 0 spiro atoms. The van der Waals surface area contributed by atoms with E-state index in [-0.39, 0.29) is 6.04 Å². The quantitative estimate of drug-likeness (QED) is 0.769. The van der Waals surface area contributed by atoms with Crippen LogP contribution in [0.15, 0.2) is 0 Å². The van der Waals surface area contributed by atoms with Crippen LogP contribution in [0, 0.1) is 11.8 Å². The first-order valence-corrected chi connectivity index (χ1v) is 8.14. The molecule has 1 aliphatic rings. The van der Waals surface area contributed by atoms with Gasteiger partial charge in [-0.25, -0.2) is 0 Å². The Morgan fingerprint density at radius 1 is 1.32 bits per heavy atom. The smallest absolute Gasteiger partial charge is 0.239 e. The van der Waals surface area contributed by atoms with Gasteiger partial charge in [0.2, 0.25) is 5.91 Å². The first-order chi connectivity index (χ1) is 9.12. The Bertz CT molecular complexity index is 263. The van der Waals surface area contributed by atoms with E-state index in [1.807, 2.05) is 4.90 Å². The van der Waals surface area contributed by atoms with E-state index >= 15 is 0 Å². The maximum atomic E-state index is 12.4. The highest BCUT2D eigenvalue weighted by atomic mass is 16.2. The summed E-state index contributed by atoms with van der Waals surface area (Å²) in [5.41, 5.74) is 0. The van der Waals surface area contributed by atoms with E-state index in [2.05, 4.69) is 33.0 Å². The van der Waals surface area contributed by atoms with Crippen molar-refractivity contribution in [1.29, 1.82) is 0 Å². The molecule has 1 amide bonds. The van der Waals surface area contributed by atoms with Crippen LogP contribution in [0.4, 0.5) is 0 Å². The van der Waals surface area contributed by atoms with Gasteiger partial charge in [-0.1, -0.05) is 26.7 Å². The number of nitrogens with zero attached hydrogens (tertiary/aromatic N) is 1. The lowest BCUT2D eigenvalue weighted by Crippen LogP contribution is -2.50. The van der Waals surface area contributed by atoms with E-state index in [0.717, 1.165) is 37.9 Å². The van der Waals surface area contributed by atoms with Crippen molar-refractivity contribution in [3.8, 4) is 0 Å². The Kier molecular flexibility index (Phi) is 7.44. The normalized spacial score (nSPS) is 25.1. The fraction of sp³-hybridized carbons (Fsp3) is 0.938. The summed E-state index contributed by atoms with van der Waals surface area (Å²) in [4.78, 5) is 14.3. The van der Waals surface area contributed by atoms with Crippen LogP contribution in [0.5, 0.6) is 0 Å². The molecule has 0 saturated carbocycles. The molecular formula is C16H32N2O. The van der Waals surface area contributed by atoms with Crippen molar-refractivity contribution in [3.63, 3.8) is 0 Å². The first-order valence-electron chi connectivity index (χ1n) is 8.14. The number of rotatable bonds is 7. The number of hydrogen-bond acceptors (Lipinski definition) is 2. The summed E-state index contributed by atoms with van der Waals surface area (Å²) in [6.45, 7) is 11.4. The van der Waals surface area contributed by atoms with E-state index in [0.29, 0.717) is 5.91 Å². The van der Waals surface area contributed by atoms with Gasteiger partial charge in [0.25, 0.3) is 0 Å². The minimum Gasteiger partial charge on any atom is -0.342 e. The van der Waals surface area contributed by atoms with E-state index in [1.165, 1.54) is 25.7 Å². The van der Waals surface area contributed by atoms with Crippen molar-refractivity contribution in [2.24, 2.45) is 11.8 Å². The molecule has 1 aliphatic heterocycles. The summed E-state index contributed by atoms with van der Waals surface area (Å²) < 4.78 is 0. The van der Waals surface area contributed by atoms with Gasteiger partial charge in [0.1, 0.15) is 0 Å². The van der Waals surface area contributed by atoms with Crippen LogP contribution in [0.1, 0.15) is 59.8 Å². The average molecular weight is 268 g/mol. The highest BCUT2D eigenvalue weighted by Gasteiger charge is 2.29. The summed E-state index contributed by atoms with van der Waals surface area (Å²) in [5, 5.41) is 3.41. The Labute approximate surface area is 119 Å². The molecule has 0 radical (unpaired) electrons. The highest BCUT2D eigenvalue weighted by molar-refractivity contribution is 5.82. The number of nitrogens with one attached hydrogen (secondary N) is 1. The summed E-state index contributed by atoms with van der Waals surface area (Å²) in [7, 11) is 0. The lowest BCUT2D eigenvalue weighted by molar-refractivity contribution is -0.134. The van der Waals surface area contributed by atoms with Crippen molar-refractivity contribution >= 4 is 5.91 Å². The number of likely N-dealkylation sites (N-methyl/N-ethyl adjacent to an activating group) is 1. The Morgan fingerprint density at radius 3 is 2.58 bits per heavy atom. The minimum absolute atomic E-state index is 0.0625. The topological polar surface area (TPSA) is 32.3 Å². The molecule has 19 heavy (non-hydrogen) atoms. The van der Waals surface area contributed by atoms with Crippen molar-refractivity contribution in [2.75, 3.05) is 19.6 Å². The molecule has 3 heteroatoms. The number of piperidine rings is 1. The van der Waals surface area contributed by atoms with Crippen LogP contribution in [-0.2, 0) is 4.79 Å². The van der Waals surface area contributed by atoms with Crippen LogP contribution in [-0.4, -0.2) is 36.5 Å². The van der Waals surface area contributed by atoms with E-state index in [1.54, 1.807) is 0 Å². The second-order valence-electron chi connectivity index (χ2n) is 6.04. The van der Waals surface area contributed by atoms with Crippen molar-refractivity contribution in [3.05, 3.63) is 0 Å². The van der Waals surface area contributed by atoms with Crippen molar-refractivity contribution in [1.82, 2.24) is 10.2 Å². The van der Waals surface area contributed by atoms with Gasteiger partial charge in [0.05, 0.1) is 6.04 Å². The number of amides is 1. The van der Waals surface area contributed by atoms with Crippen molar-refractivity contribution < 1.29 is 4.79 Å². The first kappa shape index (κ1) is 16.5. The van der Waals surface area contributed by atoms with Crippen LogP contribution >= 0.6 is 0 Å². The number of carbonyl (C=O) groups is 1. The second kappa shape index (κ2) is 8.57. The Hall–Kier alpha value is -0.570. The van der Waals surface area contributed by atoms with Gasteiger partial charge in [0.15, 0.2) is 0 Å². The lowest BCUT2D eigenvalue weighted by Gasteiger charge is -2.33. The third-order valence-corrected chi connectivity index (χ3v) is 4.40. The van der Waals surface area contributed by atoms with Crippen molar-refractivity contribution in [2.45, 2.75) is 65.8 Å². The van der Waals surface area contributed by atoms with Crippen LogP contribution < -0.4 is 5.32 Å².